The van der Waals surface area contributed by atoms with E-state index in [1.807, 2.05) is 0 Å². The van der Waals surface area contributed by atoms with Crippen LogP contribution in [0.2, 0.25) is 10.1 Å². The van der Waals surface area contributed by atoms with Crippen molar-refractivity contribution in [3.63, 3.8) is 0 Å². The molecular weight excluding hydrogens is 367 g/mol. The Hall–Kier alpha value is -0.815. The smallest absolute Gasteiger partial charge is 0.320 e. The van der Waals surface area contributed by atoms with Crippen LogP contribution in [0.15, 0.2) is 22.9 Å². The summed E-state index contributed by atoms with van der Waals surface area (Å²) in [5, 5.41) is 3.93. The molecule has 0 amide bonds. The molecule has 0 radical (unpaired) electrons. The van der Waals surface area contributed by atoms with Gasteiger partial charge in [0.25, 0.3) is 0 Å². The van der Waals surface area contributed by atoms with Crippen molar-refractivity contribution >= 4 is 66.8 Å². The van der Waals surface area contributed by atoms with Gasteiger partial charge in [-0.3, -0.25) is 0 Å². The van der Waals surface area contributed by atoms with Crippen LogP contribution in [0.3, 0.4) is 0 Å². The molecule has 0 N–H and O–H groups in total. The second-order valence-corrected chi connectivity index (χ2v) is 7.68. The average Bonchev–Trinajstić information content (AvgIpc) is 2.74. The minimum Gasteiger partial charge on any atom is -0.424 e. The Morgan fingerprint density at radius 2 is 1.86 bits per heavy atom. The first-order chi connectivity index (χ1) is 10.0. The van der Waals surface area contributed by atoms with E-state index in [4.69, 9.17) is 16.3 Å². The van der Waals surface area contributed by atoms with Crippen LogP contribution in [0.5, 0.6) is 11.8 Å². The molecular formula is C10H13B5BrClFN3O. The second-order valence-electron chi connectivity index (χ2n) is 6.56. The number of benzene rings is 1. The Labute approximate surface area is 146 Å². The summed E-state index contributed by atoms with van der Waals surface area (Å²) in [6, 6.07) is 4.48. The summed E-state index contributed by atoms with van der Waals surface area (Å²) in [5.41, 5.74) is 0. The number of aromatic nitrogens is 3. The maximum atomic E-state index is 13.2. The van der Waals surface area contributed by atoms with Crippen molar-refractivity contribution in [2.75, 3.05) is 0 Å². The van der Waals surface area contributed by atoms with E-state index in [1.54, 1.807) is 4.68 Å². The highest BCUT2D eigenvalue weighted by molar-refractivity contribution is 9.10. The molecule has 0 spiro atoms. The van der Waals surface area contributed by atoms with Gasteiger partial charge in [0.05, 0.1) is 28.6 Å². The number of rotatable bonds is 4. The fraction of sp³-hybridized carbons (Fsp3) is 0.200. The molecule has 0 fully saturated rings. The normalized spacial score (nSPS) is 12.3. The standard InChI is InChI=1S/C10H13B5BrClFN3O/c11-9(12,13)10(14,15)21-8(19-7(16)20-21)22-4-1-2-6(18)5(17)3-4/h1-3H,11-15H2. The first-order valence-electron chi connectivity index (χ1n) is 6.78. The summed E-state index contributed by atoms with van der Waals surface area (Å²) < 4.78 is 21.1. The molecule has 0 saturated heterocycles. The van der Waals surface area contributed by atoms with Crippen LogP contribution in [-0.4, -0.2) is 54.0 Å². The van der Waals surface area contributed by atoms with Gasteiger partial charge < -0.3 is 4.74 Å². The van der Waals surface area contributed by atoms with Crippen LogP contribution >= 0.6 is 27.5 Å². The van der Waals surface area contributed by atoms with E-state index >= 15 is 0 Å². The fourth-order valence-corrected chi connectivity index (χ4v) is 2.15. The van der Waals surface area contributed by atoms with E-state index in [-0.39, 0.29) is 15.5 Å². The number of hydrogen-bond acceptors (Lipinski definition) is 3. The zero-order chi connectivity index (χ0) is 16.7. The van der Waals surface area contributed by atoms with E-state index in [1.165, 1.54) is 18.2 Å². The lowest BCUT2D eigenvalue weighted by molar-refractivity contribution is 0.375. The summed E-state index contributed by atoms with van der Waals surface area (Å²) in [6.45, 7) is 0. The maximum Gasteiger partial charge on any atom is 0.320 e. The highest BCUT2D eigenvalue weighted by Gasteiger charge is 2.37. The largest absolute Gasteiger partial charge is 0.424 e. The van der Waals surface area contributed by atoms with Gasteiger partial charge in [-0.1, -0.05) is 11.6 Å². The van der Waals surface area contributed by atoms with E-state index in [9.17, 15) is 4.39 Å². The lowest BCUT2D eigenvalue weighted by atomic mass is 9.26. The highest BCUT2D eigenvalue weighted by Crippen LogP contribution is 2.34. The molecule has 0 bridgehead atoms. The Kier molecular flexibility index (Phi) is 4.78. The predicted molar refractivity (Wildman–Crippen MR) is 103 cm³/mol. The zero-order valence-electron chi connectivity index (χ0n) is 13.1. The van der Waals surface area contributed by atoms with Gasteiger partial charge in [-0.25, -0.2) is 9.07 Å². The molecule has 1 heterocycles. The summed E-state index contributed by atoms with van der Waals surface area (Å²) in [7, 11) is 10.4. The van der Waals surface area contributed by atoms with Crippen LogP contribution in [0, 0.1) is 5.82 Å². The van der Waals surface area contributed by atoms with Crippen LogP contribution < -0.4 is 4.74 Å². The van der Waals surface area contributed by atoms with E-state index in [0.29, 0.717) is 16.5 Å². The number of nitrogens with zero attached hydrogens (tertiary/aromatic N) is 3. The molecule has 0 aliphatic carbocycles. The molecule has 12 heteroatoms. The molecule has 2 rings (SSSR count). The van der Waals surface area contributed by atoms with E-state index < -0.39 is 5.82 Å². The summed E-state index contributed by atoms with van der Waals surface area (Å²) in [6.07, 6.45) is 0. The number of ether oxygens (including phenoxy) is 1. The fourth-order valence-electron chi connectivity index (χ4n) is 1.67. The molecule has 0 unspecified atom stereocenters. The quantitative estimate of drug-likeness (QED) is 0.606. The van der Waals surface area contributed by atoms with Crippen molar-refractivity contribution in [3.8, 4) is 11.8 Å². The lowest BCUT2D eigenvalue weighted by Crippen LogP contribution is -2.49. The minimum atomic E-state index is -0.494. The average molecular weight is 380 g/mol. The summed E-state index contributed by atoms with van der Waals surface area (Å²) >= 11 is 9.05. The topological polar surface area (TPSA) is 39.9 Å². The predicted octanol–water partition coefficient (Wildman–Crippen LogP) is -1.53. The molecule has 110 valence electrons. The summed E-state index contributed by atoms with van der Waals surface area (Å²) in [5.74, 6) is -0.0936. The monoisotopic (exact) mass is 379 g/mol. The SMILES string of the molecule is BC(B)(B)C(B)(B)n1nc(Br)nc1Oc1ccc(F)c(Cl)c1. The summed E-state index contributed by atoms with van der Waals surface area (Å²) in [4.78, 5) is 4.25. The first-order valence-corrected chi connectivity index (χ1v) is 7.95. The Balaban J connectivity index is 2.43. The molecule has 0 atom stereocenters. The zero-order valence-corrected chi connectivity index (χ0v) is 15.5. The molecule has 1 aromatic carbocycles. The lowest BCUT2D eigenvalue weighted by Gasteiger charge is -2.40. The van der Waals surface area contributed by atoms with E-state index in [0.717, 1.165) is 0 Å². The molecule has 2 aromatic rings. The van der Waals surface area contributed by atoms with Crippen molar-refractivity contribution in [1.29, 1.82) is 0 Å². The van der Waals surface area contributed by atoms with Gasteiger partial charge in [-0.2, -0.15) is 4.98 Å². The van der Waals surface area contributed by atoms with Crippen LogP contribution in [0.4, 0.5) is 4.39 Å². The van der Waals surface area contributed by atoms with Gasteiger partial charge in [0.15, 0.2) is 0 Å². The number of halogens is 3. The Morgan fingerprint density at radius 3 is 2.41 bits per heavy atom. The van der Waals surface area contributed by atoms with Gasteiger partial charge in [0, 0.05) is 6.07 Å². The maximum absolute atomic E-state index is 13.2. The highest BCUT2D eigenvalue weighted by atomic mass is 79.9. The molecule has 0 aliphatic heterocycles. The number of hydrogen-bond donors (Lipinski definition) is 0. The van der Waals surface area contributed by atoms with Crippen molar-refractivity contribution in [2.24, 2.45) is 0 Å². The van der Waals surface area contributed by atoms with Crippen LogP contribution in [-0.2, 0) is 5.34 Å². The van der Waals surface area contributed by atoms with Gasteiger partial charge in [-0.05, 0) is 33.4 Å². The van der Waals surface area contributed by atoms with Gasteiger partial charge >= 0.3 is 6.01 Å². The van der Waals surface area contributed by atoms with Gasteiger partial charge in [0.2, 0.25) is 4.73 Å². The Morgan fingerprint density at radius 1 is 1.23 bits per heavy atom. The Bertz CT molecular complexity index is 708. The minimum absolute atomic E-state index is 0.00212. The van der Waals surface area contributed by atoms with Crippen molar-refractivity contribution < 1.29 is 9.13 Å². The van der Waals surface area contributed by atoms with E-state index in [2.05, 4.69) is 65.2 Å². The third kappa shape index (κ3) is 3.40. The molecule has 0 aliphatic rings. The van der Waals surface area contributed by atoms with Crippen LogP contribution in [0.25, 0.3) is 0 Å². The molecule has 22 heavy (non-hydrogen) atoms. The van der Waals surface area contributed by atoms with Gasteiger partial charge in [0.1, 0.15) is 27.3 Å². The van der Waals surface area contributed by atoms with Gasteiger partial charge in [-0.15, -0.1) is 10.2 Å². The van der Waals surface area contributed by atoms with Crippen molar-refractivity contribution in [3.05, 3.63) is 33.8 Å². The second kappa shape index (κ2) is 6.00. The van der Waals surface area contributed by atoms with Crippen molar-refractivity contribution in [1.82, 2.24) is 14.8 Å². The molecule has 4 nitrogen and oxygen atoms in total. The molecule has 0 saturated carbocycles. The van der Waals surface area contributed by atoms with Crippen molar-refractivity contribution in [2.45, 2.75) is 10.5 Å². The third-order valence-corrected chi connectivity index (χ3v) is 4.64. The third-order valence-electron chi connectivity index (χ3n) is 4.02. The first kappa shape index (κ1) is 17.5. The molecule has 1 aromatic heterocycles. The van der Waals surface area contributed by atoms with Crippen LogP contribution in [0.1, 0.15) is 0 Å².